The minimum absolute atomic E-state index is 0.0154. The number of unbranched alkanes of at least 4 members (excludes halogenated alkanes) is 1. The van der Waals surface area contributed by atoms with E-state index in [-0.39, 0.29) is 17.5 Å². The van der Waals surface area contributed by atoms with Gasteiger partial charge in [0.15, 0.2) is 0 Å². The molecule has 0 saturated carbocycles. The molecule has 2 rings (SSSR count). The van der Waals surface area contributed by atoms with E-state index in [0.29, 0.717) is 11.5 Å². The number of anilines is 1. The molecule has 4 N–H and O–H groups in total. The maximum atomic E-state index is 11.3. The van der Waals surface area contributed by atoms with Gasteiger partial charge in [-0.25, -0.2) is 4.79 Å². The van der Waals surface area contributed by atoms with Crippen LogP contribution in [0.1, 0.15) is 50.7 Å². The second kappa shape index (κ2) is 8.89. The number of phenolic OH excluding ortho intramolecular Hbond substituents is 1. The van der Waals surface area contributed by atoms with Crippen LogP contribution in [0.4, 0.5) is 10.5 Å². The van der Waals surface area contributed by atoms with Gasteiger partial charge in [-0.2, -0.15) is 0 Å². The van der Waals surface area contributed by atoms with E-state index in [2.05, 4.69) is 22.3 Å². The lowest BCUT2D eigenvalue weighted by Crippen LogP contribution is -2.42. The summed E-state index contributed by atoms with van der Waals surface area (Å²) in [5, 5.41) is 26.3. The summed E-state index contributed by atoms with van der Waals surface area (Å²) in [5.41, 5.74) is 0.888. The lowest BCUT2D eigenvalue weighted by molar-refractivity contribution is 0.102. The monoisotopic (exact) mass is 336 g/mol. The van der Waals surface area contributed by atoms with Crippen molar-refractivity contribution >= 4 is 11.8 Å². The zero-order valence-electron chi connectivity index (χ0n) is 14.4. The van der Waals surface area contributed by atoms with Gasteiger partial charge in [0.05, 0.1) is 18.9 Å². The smallest absolute Gasteiger partial charge is 0.411 e. The first kappa shape index (κ1) is 18.5. The summed E-state index contributed by atoms with van der Waals surface area (Å²) in [4.78, 5) is 11.3. The fourth-order valence-corrected chi connectivity index (χ4v) is 3.18. The number of aromatic hydroxyl groups is 1. The second-order valence-electron chi connectivity index (χ2n) is 6.44. The van der Waals surface area contributed by atoms with Gasteiger partial charge in [-0.3, -0.25) is 5.32 Å². The summed E-state index contributed by atoms with van der Waals surface area (Å²) in [6.45, 7) is 3.13. The number of hydrogen-bond donors (Lipinski definition) is 4. The number of amides is 1. The average Bonchev–Trinajstić information content (AvgIpc) is 2.61. The number of ether oxygens (including phenoxy) is 1. The van der Waals surface area contributed by atoms with Gasteiger partial charge < -0.3 is 20.3 Å². The summed E-state index contributed by atoms with van der Waals surface area (Å²) >= 11 is 0. The van der Waals surface area contributed by atoms with Gasteiger partial charge in [0.2, 0.25) is 0 Å². The Morgan fingerprint density at radius 2 is 2.25 bits per heavy atom. The molecule has 1 heterocycles. The Morgan fingerprint density at radius 1 is 1.46 bits per heavy atom. The molecule has 0 radical (unpaired) electrons. The Morgan fingerprint density at radius 3 is 2.88 bits per heavy atom. The molecule has 0 spiro atoms. The van der Waals surface area contributed by atoms with Crippen LogP contribution < -0.4 is 10.6 Å². The van der Waals surface area contributed by atoms with E-state index in [9.17, 15) is 15.0 Å². The third kappa shape index (κ3) is 4.85. The number of aliphatic hydroxyl groups is 1. The Kier molecular flexibility index (Phi) is 6.87. The second-order valence-corrected chi connectivity index (χ2v) is 6.44. The van der Waals surface area contributed by atoms with E-state index in [1.54, 1.807) is 12.1 Å². The van der Waals surface area contributed by atoms with Crippen LogP contribution in [0.3, 0.4) is 0 Å². The molecule has 1 saturated heterocycles. The first-order valence-electron chi connectivity index (χ1n) is 8.64. The molecule has 1 amide bonds. The van der Waals surface area contributed by atoms with Crippen molar-refractivity contribution in [3.05, 3.63) is 23.8 Å². The third-order valence-electron chi connectivity index (χ3n) is 4.69. The van der Waals surface area contributed by atoms with Gasteiger partial charge >= 0.3 is 6.09 Å². The Labute approximate surface area is 143 Å². The number of carbonyl (C=O) groups is 1. The molecular formula is C18H28N2O4. The van der Waals surface area contributed by atoms with Crippen LogP contribution in [0, 0.1) is 5.92 Å². The molecule has 1 fully saturated rings. The van der Waals surface area contributed by atoms with E-state index in [0.717, 1.165) is 19.4 Å². The summed E-state index contributed by atoms with van der Waals surface area (Å²) in [6.07, 6.45) is 4.38. The van der Waals surface area contributed by atoms with Crippen molar-refractivity contribution in [2.45, 2.75) is 51.2 Å². The van der Waals surface area contributed by atoms with Crippen molar-refractivity contribution in [3.63, 3.8) is 0 Å². The SMILES string of the molecule is CCCCC1CCC(C(O)c2ccc(O)c(NC(=O)OC)c2)NC1. The predicted octanol–water partition coefficient (Wildman–Crippen LogP) is 3.16. The molecule has 0 bridgehead atoms. The summed E-state index contributed by atoms with van der Waals surface area (Å²) in [5.74, 6) is 0.623. The molecule has 3 atom stereocenters. The number of aliphatic hydroxyl groups excluding tert-OH is 1. The molecule has 1 aliphatic heterocycles. The van der Waals surface area contributed by atoms with Crippen LogP contribution in [-0.2, 0) is 4.74 Å². The molecule has 1 aliphatic rings. The van der Waals surface area contributed by atoms with Crippen LogP contribution in [0.25, 0.3) is 0 Å². The number of carbonyl (C=O) groups excluding carboxylic acids is 1. The van der Waals surface area contributed by atoms with Crippen molar-refractivity contribution < 1.29 is 19.7 Å². The average molecular weight is 336 g/mol. The van der Waals surface area contributed by atoms with Gasteiger partial charge in [-0.1, -0.05) is 25.8 Å². The quantitative estimate of drug-likeness (QED) is 0.599. The highest BCUT2D eigenvalue weighted by Gasteiger charge is 2.27. The van der Waals surface area contributed by atoms with Gasteiger partial charge in [0.25, 0.3) is 0 Å². The Hall–Kier alpha value is -1.79. The number of rotatable bonds is 6. The maximum Gasteiger partial charge on any atom is 0.411 e. The van der Waals surface area contributed by atoms with Gasteiger partial charge in [0.1, 0.15) is 5.75 Å². The maximum absolute atomic E-state index is 11.3. The molecule has 134 valence electrons. The number of nitrogens with one attached hydrogen (secondary N) is 2. The summed E-state index contributed by atoms with van der Waals surface area (Å²) in [7, 11) is 1.26. The van der Waals surface area contributed by atoms with E-state index in [4.69, 9.17) is 0 Å². The third-order valence-corrected chi connectivity index (χ3v) is 4.69. The van der Waals surface area contributed by atoms with Crippen molar-refractivity contribution in [3.8, 4) is 5.75 Å². The molecule has 1 aromatic carbocycles. The molecule has 6 nitrogen and oxygen atoms in total. The first-order chi connectivity index (χ1) is 11.5. The van der Waals surface area contributed by atoms with Crippen molar-refractivity contribution in [2.75, 3.05) is 19.0 Å². The molecule has 6 heteroatoms. The molecule has 1 aromatic rings. The Bertz CT molecular complexity index is 542. The minimum atomic E-state index is -0.684. The molecular weight excluding hydrogens is 308 g/mol. The lowest BCUT2D eigenvalue weighted by Gasteiger charge is -2.33. The largest absolute Gasteiger partial charge is 0.506 e. The normalized spacial score (nSPS) is 22.0. The van der Waals surface area contributed by atoms with Crippen molar-refractivity contribution in [1.29, 1.82) is 0 Å². The fraction of sp³-hybridized carbons (Fsp3) is 0.611. The zero-order valence-corrected chi connectivity index (χ0v) is 14.4. The van der Waals surface area contributed by atoms with Gasteiger partial charge in [0, 0.05) is 6.04 Å². The van der Waals surface area contributed by atoms with Crippen LogP contribution >= 0.6 is 0 Å². The Balaban J connectivity index is 1.98. The number of methoxy groups -OCH3 is 1. The van der Waals surface area contributed by atoms with Crippen LogP contribution in [0.15, 0.2) is 18.2 Å². The van der Waals surface area contributed by atoms with Crippen LogP contribution in [-0.4, -0.2) is 36.0 Å². The van der Waals surface area contributed by atoms with E-state index in [1.165, 1.54) is 32.4 Å². The summed E-state index contributed by atoms with van der Waals surface area (Å²) in [6, 6.07) is 4.71. The standard InChI is InChI=1S/C18H28N2O4/c1-3-4-5-12-6-8-14(19-11-12)17(22)13-7-9-16(21)15(10-13)20-18(23)24-2/h7,9-10,12,14,17,19,21-22H,3-6,8,11H2,1-2H3,(H,20,23). The number of benzene rings is 1. The predicted molar refractivity (Wildman–Crippen MR) is 93.1 cm³/mol. The number of hydrogen-bond acceptors (Lipinski definition) is 5. The minimum Gasteiger partial charge on any atom is -0.506 e. The number of piperidine rings is 1. The van der Waals surface area contributed by atoms with Crippen molar-refractivity contribution in [1.82, 2.24) is 5.32 Å². The zero-order chi connectivity index (χ0) is 17.5. The highest BCUT2D eigenvalue weighted by atomic mass is 16.5. The fourth-order valence-electron chi connectivity index (χ4n) is 3.18. The van der Waals surface area contributed by atoms with Crippen molar-refractivity contribution in [2.24, 2.45) is 5.92 Å². The van der Waals surface area contributed by atoms with Gasteiger partial charge in [-0.05, 0) is 49.4 Å². The molecule has 3 unspecified atom stereocenters. The summed E-state index contributed by atoms with van der Waals surface area (Å²) < 4.78 is 4.53. The lowest BCUT2D eigenvalue weighted by atomic mass is 9.87. The topological polar surface area (TPSA) is 90.8 Å². The molecule has 0 aliphatic carbocycles. The van der Waals surface area contributed by atoms with E-state index >= 15 is 0 Å². The van der Waals surface area contributed by atoms with Gasteiger partial charge in [-0.15, -0.1) is 0 Å². The number of phenols is 1. The van der Waals surface area contributed by atoms with E-state index in [1.807, 2.05) is 0 Å². The highest BCUT2D eigenvalue weighted by Crippen LogP contribution is 2.31. The van der Waals surface area contributed by atoms with E-state index < -0.39 is 12.2 Å². The molecule has 24 heavy (non-hydrogen) atoms. The molecule has 0 aromatic heterocycles. The highest BCUT2D eigenvalue weighted by molar-refractivity contribution is 5.86. The van der Waals surface area contributed by atoms with Crippen LogP contribution in [0.5, 0.6) is 5.75 Å². The van der Waals surface area contributed by atoms with Crippen LogP contribution in [0.2, 0.25) is 0 Å². The first-order valence-corrected chi connectivity index (χ1v) is 8.64.